The molecule has 0 fully saturated rings. The van der Waals surface area contributed by atoms with E-state index in [1.165, 1.54) is 31.2 Å². The molecular formula is C13H17N5O5S. The Kier molecular flexibility index (Phi) is 5.62. The van der Waals surface area contributed by atoms with Crippen molar-refractivity contribution in [2.45, 2.75) is 24.4 Å². The zero-order valence-corrected chi connectivity index (χ0v) is 13.6. The van der Waals surface area contributed by atoms with Crippen molar-refractivity contribution in [3.05, 3.63) is 36.0 Å². The van der Waals surface area contributed by atoms with Crippen LogP contribution in [0, 0.1) is 0 Å². The lowest BCUT2D eigenvalue weighted by molar-refractivity contribution is -0.114. The van der Waals surface area contributed by atoms with E-state index in [2.05, 4.69) is 20.2 Å². The van der Waals surface area contributed by atoms with Crippen molar-refractivity contribution in [2.24, 2.45) is 5.73 Å². The van der Waals surface area contributed by atoms with Crippen LogP contribution in [0.15, 0.2) is 33.7 Å². The molecule has 2 rings (SSSR count). The van der Waals surface area contributed by atoms with E-state index in [1.807, 2.05) is 0 Å². The van der Waals surface area contributed by atoms with E-state index in [9.17, 15) is 13.2 Å². The van der Waals surface area contributed by atoms with Gasteiger partial charge < -0.3 is 20.7 Å². The van der Waals surface area contributed by atoms with Crippen molar-refractivity contribution in [3.8, 4) is 0 Å². The number of aliphatic hydroxyl groups is 1. The quantitative estimate of drug-likeness (QED) is 0.517. The summed E-state index contributed by atoms with van der Waals surface area (Å²) in [6.45, 7) is 0.778. The van der Waals surface area contributed by atoms with Gasteiger partial charge in [0, 0.05) is 12.6 Å². The maximum atomic E-state index is 12.2. The summed E-state index contributed by atoms with van der Waals surface area (Å²) >= 11 is 0. The maximum absolute atomic E-state index is 12.2. The summed E-state index contributed by atoms with van der Waals surface area (Å²) in [6.07, 6.45) is 0. The molecule has 1 aromatic carbocycles. The van der Waals surface area contributed by atoms with Crippen molar-refractivity contribution in [1.82, 2.24) is 14.9 Å². The Morgan fingerprint density at radius 1 is 1.38 bits per heavy atom. The number of hydrogen-bond acceptors (Lipinski definition) is 8. The van der Waals surface area contributed by atoms with Gasteiger partial charge in [0.2, 0.25) is 21.8 Å². The minimum Gasteiger partial charge on any atom is -0.394 e. The summed E-state index contributed by atoms with van der Waals surface area (Å²) in [4.78, 5) is 14.8. The van der Waals surface area contributed by atoms with Crippen LogP contribution in [0.3, 0.4) is 0 Å². The van der Waals surface area contributed by atoms with Gasteiger partial charge in [0.25, 0.3) is 0 Å². The first-order chi connectivity index (χ1) is 11.3. The highest BCUT2D eigenvalue weighted by Crippen LogP contribution is 2.14. The summed E-state index contributed by atoms with van der Waals surface area (Å²) < 4.78 is 31.5. The average Bonchev–Trinajstić information content (AvgIpc) is 3.01. The van der Waals surface area contributed by atoms with E-state index in [0.29, 0.717) is 5.69 Å². The Balaban J connectivity index is 2.03. The number of benzene rings is 1. The topological polar surface area (TPSA) is 160 Å². The van der Waals surface area contributed by atoms with Gasteiger partial charge >= 0.3 is 0 Å². The van der Waals surface area contributed by atoms with E-state index in [4.69, 9.17) is 15.4 Å². The summed E-state index contributed by atoms with van der Waals surface area (Å²) in [5, 5.41) is 15.0. The number of rotatable bonds is 7. The molecule has 0 aliphatic carbocycles. The SMILES string of the molecule is CC(=O)Nc1ccc(S(=O)(=O)NCc2nc(C(N)CO)no2)cc1. The number of aliphatic hydroxyl groups excluding tert-OH is 1. The van der Waals surface area contributed by atoms with Crippen LogP contribution < -0.4 is 15.8 Å². The second kappa shape index (κ2) is 7.49. The third-order valence-electron chi connectivity index (χ3n) is 2.91. The number of sulfonamides is 1. The molecule has 11 heteroatoms. The Labute approximate surface area is 138 Å². The predicted molar refractivity (Wildman–Crippen MR) is 83.1 cm³/mol. The number of amides is 1. The van der Waals surface area contributed by atoms with Crippen molar-refractivity contribution in [2.75, 3.05) is 11.9 Å². The monoisotopic (exact) mass is 355 g/mol. The first-order valence-electron chi connectivity index (χ1n) is 6.88. The van der Waals surface area contributed by atoms with Crippen LogP contribution in [0.25, 0.3) is 0 Å². The first kappa shape index (κ1) is 18.0. The summed E-state index contributed by atoms with van der Waals surface area (Å²) in [7, 11) is -3.79. The third-order valence-corrected chi connectivity index (χ3v) is 4.33. The normalized spacial score (nSPS) is 12.8. The van der Waals surface area contributed by atoms with Crippen LogP contribution in [0.1, 0.15) is 24.7 Å². The van der Waals surface area contributed by atoms with Gasteiger partial charge in [0.15, 0.2) is 5.82 Å². The lowest BCUT2D eigenvalue weighted by Gasteiger charge is -2.06. The lowest BCUT2D eigenvalue weighted by Crippen LogP contribution is -2.23. The molecule has 10 nitrogen and oxygen atoms in total. The summed E-state index contributed by atoms with van der Waals surface area (Å²) in [5.74, 6) is -0.143. The number of nitrogens with one attached hydrogen (secondary N) is 2. The highest BCUT2D eigenvalue weighted by atomic mass is 32.2. The van der Waals surface area contributed by atoms with Gasteiger partial charge in [0.05, 0.1) is 24.1 Å². The van der Waals surface area contributed by atoms with E-state index in [0.717, 1.165) is 0 Å². The van der Waals surface area contributed by atoms with Crippen LogP contribution in [-0.4, -0.2) is 36.2 Å². The number of carbonyl (C=O) groups is 1. The van der Waals surface area contributed by atoms with Crippen molar-refractivity contribution in [3.63, 3.8) is 0 Å². The predicted octanol–water partition coefficient (Wildman–Crippen LogP) is -0.501. The van der Waals surface area contributed by atoms with Crippen LogP contribution >= 0.6 is 0 Å². The van der Waals surface area contributed by atoms with Gasteiger partial charge in [-0.2, -0.15) is 4.98 Å². The zero-order chi connectivity index (χ0) is 17.7. The molecule has 1 atom stereocenters. The van der Waals surface area contributed by atoms with Gasteiger partial charge in [-0.1, -0.05) is 5.16 Å². The average molecular weight is 355 g/mol. The second-order valence-electron chi connectivity index (χ2n) is 4.87. The molecule has 0 bridgehead atoms. The first-order valence-corrected chi connectivity index (χ1v) is 8.36. The number of anilines is 1. The van der Waals surface area contributed by atoms with Gasteiger partial charge in [-0.3, -0.25) is 4.79 Å². The molecule has 1 heterocycles. The number of nitrogens with zero attached hydrogens (tertiary/aromatic N) is 2. The molecule has 0 saturated carbocycles. The van der Waals surface area contributed by atoms with Crippen molar-refractivity contribution in [1.29, 1.82) is 0 Å². The summed E-state index contributed by atoms with van der Waals surface area (Å²) in [5.41, 5.74) is 6.01. The Morgan fingerprint density at radius 2 is 2.04 bits per heavy atom. The molecule has 0 aliphatic rings. The molecule has 24 heavy (non-hydrogen) atoms. The fourth-order valence-electron chi connectivity index (χ4n) is 1.73. The fourth-order valence-corrected chi connectivity index (χ4v) is 2.71. The fraction of sp³-hybridized carbons (Fsp3) is 0.308. The minimum atomic E-state index is -3.79. The van der Waals surface area contributed by atoms with Crippen LogP contribution in [0.2, 0.25) is 0 Å². The lowest BCUT2D eigenvalue weighted by atomic mass is 10.3. The maximum Gasteiger partial charge on any atom is 0.241 e. The summed E-state index contributed by atoms with van der Waals surface area (Å²) in [6, 6.07) is 4.87. The highest BCUT2D eigenvalue weighted by Gasteiger charge is 2.17. The van der Waals surface area contributed by atoms with E-state index in [1.54, 1.807) is 0 Å². The van der Waals surface area contributed by atoms with Crippen LogP contribution in [0.4, 0.5) is 5.69 Å². The molecule has 2 aromatic rings. The molecular weight excluding hydrogens is 338 g/mol. The van der Waals surface area contributed by atoms with Gasteiger partial charge in [0.1, 0.15) is 0 Å². The Hall–Kier alpha value is -2.34. The smallest absolute Gasteiger partial charge is 0.241 e. The molecule has 1 aromatic heterocycles. The minimum absolute atomic E-state index is 0.0170. The Morgan fingerprint density at radius 3 is 2.62 bits per heavy atom. The molecule has 5 N–H and O–H groups in total. The second-order valence-corrected chi connectivity index (χ2v) is 6.63. The molecule has 130 valence electrons. The van der Waals surface area contributed by atoms with Crippen LogP contribution in [-0.2, 0) is 21.4 Å². The number of aromatic nitrogens is 2. The molecule has 1 unspecified atom stereocenters. The van der Waals surface area contributed by atoms with E-state index in [-0.39, 0.29) is 35.7 Å². The molecule has 0 saturated heterocycles. The van der Waals surface area contributed by atoms with Crippen molar-refractivity contribution >= 4 is 21.6 Å². The molecule has 0 spiro atoms. The standard InChI is InChI=1S/C13H17N5O5S/c1-8(20)16-9-2-4-10(5-3-9)24(21,22)15-6-12-17-13(18-23-12)11(14)7-19/h2-5,11,15,19H,6-7,14H2,1H3,(H,16,20). The van der Waals surface area contributed by atoms with Gasteiger partial charge in [-0.05, 0) is 24.3 Å². The van der Waals surface area contributed by atoms with Crippen LogP contribution in [0.5, 0.6) is 0 Å². The van der Waals surface area contributed by atoms with Gasteiger partial charge in [-0.15, -0.1) is 0 Å². The largest absolute Gasteiger partial charge is 0.394 e. The number of nitrogens with two attached hydrogens (primary N) is 1. The number of carbonyl (C=O) groups excluding carboxylic acids is 1. The number of hydrogen-bond donors (Lipinski definition) is 4. The van der Waals surface area contributed by atoms with Gasteiger partial charge in [-0.25, -0.2) is 13.1 Å². The Bertz CT molecular complexity index is 802. The highest BCUT2D eigenvalue weighted by molar-refractivity contribution is 7.89. The third kappa shape index (κ3) is 4.58. The molecule has 1 amide bonds. The van der Waals surface area contributed by atoms with Crippen molar-refractivity contribution < 1.29 is 22.8 Å². The van der Waals surface area contributed by atoms with E-state index >= 15 is 0 Å². The zero-order valence-electron chi connectivity index (χ0n) is 12.8. The molecule has 0 aliphatic heterocycles. The van der Waals surface area contributed by atoms with E-state index < -0.39 is 16.1 Å². The molecule has 0 radical (unpaired) electrons.